The summed E-state index contributed by atoms with van der Waals surface area (Å²) in [6.45, 7) is 8.30. The van der Waals surface area contributed by atoms with E-state index < -0.39 is 0 Å². The quantitative estimate of drug-likeness (QED) is 0.237. The molecule has 6 atom stereocenters. The van der Waals surface area contributed by atoms with Crippen LogP contribution in [0.15, 0.2) is 28.5 Å². The molecule has 2 saturated carbocycles. The lowest BCUT2D eigenvalue weighted by atomic mass is 9.47. The molecule has 148 valence electrons. The van der Waals surface area contributed by atoms with E-state index >= 15 is 0 Å². The first kappa shape index (κ1) is 18.8. The number of hydrogen-bond donors (Lipinski definition) is 1. The Hall–Kier alpha value is -1.58. The molecule has 0 aromatic rings. The SMILES string of the molecule is CC(=O)OC1CC[C@@]2(C)C(=CC[C@@H]3[C@@H]2CC[C@]2(C)C(C(C)=NO)=CC[C@@H]32)C1. The molecule has 1 N–H and O–H groups in total. The van der Waals surface area contributed by atoms with Crippen molar-refractivity contribution in [1.29, 1.82) is 0 Å². The van der Waals surface area contributed by atoms with E-state index in [4.69, 9.17) is 4.74 Å². The first-order valence-corrected chi connectivity index (χ1v) is 10.6. The number of carbonyl (C=O) groups excluding carboxylic acids is 1. The fraction of sp³-hybridized carbons (Fsp3) is 0.739. The van der Waals surface area contributed by atoms with Crippen molar-refractivity contribution in [2.24, 2.45) is 33.7 Å². The number of hydrogen-bond acceptors (Lipinski definition) is 4. The smallest absolute Gasteiger partial charge is 0.302 e. The Morgan fingerprint density at radius 1 is 1.11 bits per heavy atom. The highest BCUT2D eigenvalue weighted by Crippen LogP contribution is 2.65. The van der Waals surface area contributed by atoms with Gasteiger partial charge in [-0.2, -0.15) is 0 Å². The molecule has 0 saturated heterocycles. The normalized spacial score (nSPS) is 43.8. The summed E-state index contributed by atoms with van der Waals surface area (Å²) >= 11 is 0. The lowest BCUT2D eigenvalue weighted by Gasteiger charge is -2.57. The van der Waals surface area contributed by atoms with Crippen molar-refractivity contribution in [2.75, 3.05) is 0 Å². The Kier molecular flexibility index (Phi) is 4.51. The van der Waals surface area contributed by atoms with Crippen LogP contribution < -0.4 is 0 Å². The zero-order valence-corrected chi connectivity index (χ0v) is 17.1. The van der Waals surface area contributed by atoms with Gasteiger partial charge in [-0.25, -0.2) is 0 Å². The molecule has 4 rings (SSSR count). The van der Waals surface area contributed by atoms with Gasteiger partial charge in [0, 0.05) is 13.3 Å². The number of oxime groups is 1. The number of nitrogens with zero attached hydrogens (tertiary/aromatic N) is 1. The second-order valence-electron chi connectivity index (χ2n) is 9.73. The van der Waals surface area contributed by atoms with Gasteiger partial charge >= 0.3 is 5.97 Å². The molecule has 4 aliphatic carbocycles. The summed E-state index contributed by atoms with van der Waals surface area (Å²) in [6.07, 6.45) is 12.6. The lowest BCUT2D eigenvalue weighted by molar-refractivity contribution is -0.148. The molecule has 0 aromatic heterocycles. The highest BCUT2D eigenvalue weighted by atomic mass is 16.5. The van der Waals surface area contributed by atoms with Crippen LogP contribution >= 0.6 is 0 Å². The number of esters is 1. The Morgan fingerprint density at radius 2 is 1.85 bits per heavy atom. The van der Waals surface area contributed by atoms with Crippen molar-refractivity contribution in [3.05, 3.63) is 23.3 Å². The summed E-state index contributed by atoms with van der Waals surface area (Å²) in [5.41, 5.74) is 3.99. The molecule has 4 aliphatic rings. The predicted molar refractivity (Wildman–Crippen MR) is 106 cm³/mol. The summed E-state index contributed by atoms with van der Waals surface area (Å²) in [7, 11) is 0. The molecule has 2 fully saturated rings. The standard InChI is InChI=1S/C23H33NO3/c1-14(24-26)19-7-8-20-18-6-5-16-13-17(27-15(2)25)9-11-22(16,3)21(18)10-12-23(19,20)4/h5,7,17-18,20-21,26H,6,8-13H2,1-4H3/t17?,18-,20-,21-,22-,23+/m0/s1. The molecule has 0 heterocycles. The van der Waals surface area contributed by atoms with Gasteiger partial charge in [-0.05, 0) is 79.6 Å². The van der Waals surface area contributed by atoms with Crippen molar-refractivity contribution in [3.8, 4) is 0 Å². The number of rotatable bonds is 2. The van der Waals surface area contributed by atoms with E-state index in [1.54, 1.807) is 0 Å². The maximum absolute atomic E-state index is 11.4. The molecule has 4 nitrogen and oxygen atoms in total. The van der Waals surface area contributed by atoms with Crippen LogP contribution in [0.5, 0.6) is 0 Å². The second kappa shape index (κ2) is 6.49. The third kappa shape index (κ3) is 2.78. The summed E-state index contributed by atoms with van der Waals surface area (Å²) < 4.78 is 5.53. The van der Waals surface area contributed by atoms with Crippen molar-refractivity contribution in [3.63, 3.8) is 0 Å². The first-order valence-electron chi connectivity index (χ1n) is 10.6. The van der Waals surface area contributed by atoms with Crippen molar-refractivity contribution >= 4 is 11.7 Å². The third-order valence-electron chi connectivity index (χ3n) is 8.51. The topological polar surface area (TPSA) is 58.9 Å². The van der Waals surface area contributed by atoms with Crippen LogP contribution in [0.4, 0.5) is 0 Å². The van der Waals surface area contributed by atoms with Crippen molar-refractivity contribution in [2.45, 2.75) is 78.7 Å². The summed E-state index contributed by atoms with van der Waals surface area (Å²) in [4.78, 5) is 11.4. The maximum atomic E-state index is 11.4. The zero-order valence-electron chi connectivity index (χ0n) is 17.1. The van der Waals surface area contributed by atoms with Gasteiger partial charge in [0.05, 0.1) is 5.71 Å². The highest BCUT2D eigenvalue weighted by molar-refractivity contribution is 5.99. The Balaban J connectivity index is 1.59. The van der Waals surface area contributed by atoms with Gasteiger partial charge in [0.25, 0.3) is 0 Å². The summed E-state index contributed by atoms with van der Waals surface area (Å²) in [5.74, 6) is 1.90. The molecule has 0 spiro atoms. The van der Waals surface area contributed by atoms with Crippen molar-refractivity contribution < 1.29 is 14.7 Å². The predicted octanol–water partition coefficient (Wildman–Crippen LogP) is 5.27. The van der Waals surface area contributed by atoms with Gasteiger partial charge in [0.2, 0.25) is 0 Å². The van der Waals surface area contributed by atoms with Gasteiger partial charge in [0.15, 0.2) is 0 Å². The van der Waals surface area contributed by atoms with Crippen LogP contribution in [0.25, 0.3) is 0 Å². The van der Waals surface area contributed by atoms with Crippen LogP contribution in [0.3, 0.4) is 0 Å². The lowest BCUT2D eigenvalue weighted by Crippen LogP contribution is -2.50. The summed E-state index contributed by atoms with van der Waals surface area (Å²) in [5, 5.41) is 12.8. The number of ether oxygens (including phenoxy) is 1. The van der Waals surface area contributed by atoms with Gasteiger partial charge in [-0.3, -0.25) is 4.79 Å². The molecular formula is C23H33NO3. The van der Waals surface area contributed by atoms with E-state index in [9.17, 15) is 10.0 Å². The van der Waals surface area contributed by atoms with E-state index in [0.29, 0.717) is 17.8 Å². The zero-order chi connectivity index (χ0) is 19.4. The number of fused-ring (bicyclic) bond motifs is 5. The molecule has 0 bridgehead atoms. The fourth-order valence-corrected chi connectivity index (χ4v) is 7.14. The third-order valence-corrected chi connectivity index (χ3v) is 8.51. The second-order valence-corrected chi connectivity index (χ2v) is 9.73. The van der Waals surface area contributed by atoms with Gasteiger partial charge in [-0.1, -0.05) is 36.7 Å². The molecule has 4 heteroatoms. The molecule has 1 unspecified atom stereocenters. The first-order chi connectivity index (χ1) is 12.8. The van der Waals surface area contributed by atoms with Crippen LogP contribution in [-0.4, -0.2) is 23.0 Å². The van der Waals surface area contributed by atoms with Crippen LogP contribution in [0, 0.1) is 28.6 Å². The minimum Gasteiger partial charge on any atom is -0.462 e. The summed E-state index contributed by atoms with van der Waals surface area (Å²) in [6, 6.07) is 0. The minimum atomic E-state index is -0.156. The molecular weight excluding hydrogens is 338 g/mol. The molecule has 0 aliphatic heterocycles. The molecule has 0 aromatic carbocycles. The number of carbonyl (C=O) groups is 1. The van der Waals surface area contributed by atoms with Crippen LogP contribution in [0.1, 0.15) is 72.6 Å². The van der Waals surface area contributed by atoms with E-state index in [-0.39, 0.29) is 22.9 Å². The van der Waals surface area contributed by atoms with Gasteiger partial charge in [0.1, 0.15) is 6.10 Å². The molecule has 0 radical (unpaired) electrons. The Labute approximate surface area is 162 Å². The maximum Gasteiger partial charge on any atom is 0.302 e. The monoisotopic (exact) mass is 371 g/mol. The Bertz CT molecular complexity index is 736. The van der Waals surface area contributed by atoms with Crippen LogP contribution in [-0.2, 0) is 9.53 Å². The van der Waals surface area contributed by atoms with Gasteiger partial charge in [-0.15, -0.1) is 0 Å². The van der Waals surface area contributed by atoms with E-state index in [2.05, 4.69) is 31.2 Å². The van der Waals surface area contributed by atoms with Crippen molar-refractivity contribution in [1.82, 2.24) is 0 Å². The average Bonchev–Trinajstić information content (AvgIpc) is 2.98. The average molecular weight is 372 g/mol. The highest BCUT2D eigenvalue weighted by Gasteiger charge is 2.57. The van der Waals surface area contributed by atoms with E-state index in [1.165, 1.54) is 30.9 Å². The van der Waals surface area contributed by atoms with Gasteiger partial charge < -0.3 is 9.94 Å². The number of allylic oxidation sites excluding steroid dienone is 3. The van der Waals surface area contributed by atoms with Crippen LogP contribution in [0.2, 0.25) is 0 Å². The Morgan fingerprint density at radius 3 is 2.56 bits per heavy atom. The largest absolute Gasteiger partial charge is 0.462 e. The minimum absolute atomic E-state index is 0.0652. The molecule has 0 amide bonds. The van der Waals surface area contributed by atoms with E-state index in [0.717, 1.165) is 37.8 Å². The molecule has 27 heavy (non-hydrogen) atoms. The fourth-order valence-electron chi connectivity index (χ4n) is 7.14. The van der Waals surface area contributed by atoms with E-state index in [1.807, 2.05) is 6.92 Å².